The zero-order valence-electron chi connectivity index (χ0n) is 15.8. The number of carbonyl (C=O) groups excluding carboxylic acids is 2. The van der Waals surface area contributed by atoms with Gasteiger partial charge in [0.05, 0.1) is 24.9 Å². The molecular formula is C16H26NO10Y-. The molecular weight excluding hydrogens is 455 g/mol. The first-order valence-corrected chi connectivity index (χ1v) is 8.54. The molecule has 10 atom stereocenters. The molecule has 0 aromatic heterocycles. The minimum Gasteiger partial charge on any atom is -0.539 e. The molecule has 0 bridgehead atoms. The Hall–Kier alpha value is -0.0761. The number of hydrogen-bond acceptors (Lipinski definition) is 10. The number of carbonyl (C=O) groups is 1. The van der Waals surface area contributed by atoms with Crippen molar-refractivity contribution in [2.75, 3.05) is 13.7 Å². The van der Waals surface area contributed by atoms with Crippen LogP contribution in [-0.2, 0) is 61.2 Å². The summed E-state index contributed by atoms with van der Waals surface area (Å²) in [6.45, 7) is 2.37. The minimum atomic E-state index is -1.60. The van der Waals surface area contributed by atoms with Crippen LogP contribution < -0.4 is 5.32 Å². The van der Waals surface area contributed by atoms with Crippen LogP contribution in [0.25, 0.3) is 0 Å². The standard InChI is InChI=1S/C16H26NO10.Y/c1-6-10(17-7(2)20)15(11(21)8(4-18)25-6)27-16-13(23)12(22)14(24-3)9(5-19)26-16;/h6,8-16,18,21-23H,4H2,1-3H3,(H,17,20);/q-1;/t6-,8?,9-,10+,11+,12?,13?,14+,15?,16-;/m0./s1. The van der Waals surface area contributed by atoms with Crippen molar-refractivity contribution in [3.63, 3.8) is 0 Å². The van der Waals surface area contributed by atoms with Gasteiger partial charge in [-0.2, -0.15) is 0 Å². The number of aliphatic hydroxyl groups is 4. The van der Waals surface area contributed by atoms with Crippen LogP contribution in [0.3, 0.4) is 0 Å². The van der Waals surface area contributed by atoms with Crippen molar-refractivity contribution in [2.45, 2.75) is 75.0 Å². The normalized spacial score (nSPS) is 43.7. The van der Waals surface area contributed by atoms with Crippen molar-refractivity contribution in [1.29, 1.82) is 0 Å². The molecule has 0 aromatic carbocycles. The molecule has 2 aliphatic rings. The van der Waals surface area contributed by atoms with Crippen LogP contribution in [-0.4, -0.2) is 107 Å². The van der Waals surface area contributed by atoms with Gasteiger partial charge >= 0.3 is 0 Å². The van der Waals surface area contributed by atoms with Crippen molar-refractivity contribution in [2.24, 2.45) is 0 Å². The Labute approximate surface area is 187 Å². The van der Waals surface area contributed by atoms with Crippen LogP contribution in [0.5, 0.6) is 0 Å². The summed E-state index contributed by atoms with van der Waals surface area (Å²) in [7, 11) is 1.23. The van der Waals surface area contributed by atoms with Gasteiger partial charge in [0, 0.05) is 46.7 Å². The van der Waals surface area contributed by atoms with E-state index in [0.29, 0.717) is 0 Å². The maximum Gasteiger partial charge on any atom is 0.217 e. The molecule has 1 amide bonds. The maximum absolute atomic E-state index is 11.5. The topological polar surface area (TPSA) is 164 Å². The smallest absolute Gasteiger partial charge is 0.217 e. The van der Waals surface area contributed by atoms with Gasteiger partial charge in [-0.3, -0.25) is 4.79 Å². The van der Waals surface area contributed by atoms with Gasteiger partial charge in [-0.05, 0) is 13.0 Å². The third-order valence-corrected chi connectivity index (χ3v) is 4.74. The van der Waals surface area contributed by atoms with Crippen LogP contribution >= 0.6 is 0 Å². The summed E-state index contributed by atoms with van der Waals surface area (Å²) < 4.78 is 21.4. The fourth-order valence-corrected chi connectivity index (χ4v) is 3.34. The quantitative estimate of drug-likeness (QED) is 0.242. The molecule has 5 N–H and O–H groups in total. The Bertz CT molecular complexity index is 526. The molecule has 2 aliphatic heterocycles. The number of rotatable bonds is 6. The van der Waals surface area contributed by atoms with E-state index in [1.165, 1.54) is 14.0 Å². The van der Waals surface area contributed by atoms with E-state index in [1.54, 1.807) is 13.2 Å². The molecule has 2 fully saturated rings. The van der Waals surface area contributed by atoms with Crippen LogP contribution in [0.2, 0.25) is 0 Å². The second-order valence-corrected chi connectivity index (χ2v) is 6.60. The Morgan fingerprint density at radius 3 is 2.29 bits per heavy atom. The zero-order chi connectivity index (χ0) is 20.3. The molecule has 28 heavy (non-hydrogen) atoms. The van der Waals surface area contributed by atoms with E-state index in [4.69, 9.17) is 18.9 Å². The molecule has 159 valence electrons. The maximum atomic E-state index is 11.5. The number of hydrogen-bond donors (Lipinski definition) is 5. The van der Waals surface area contributed by atoms with Crippen molar-refractivity contribution >= 4 is 12.2 Å². The van der Waals surface area contributed by atoms with Crippen molar-refractivity contribution in [1.82, 2.24) is 5.32 Å². The zero-order valence-corrected chi connectivity index (χ0v) is 18.6. The van der Waals surface area contributed by atoms with E-state index in [2.05, 4.69) is 5.32 Å². The number of amides is 1. The van der Waals surface area contributed by atoms with E-state index in [0.717, 1.165) is 0 Å². The van der Waals surface area contributed by atoms with Gasteiger partial charge < -0.3 is 49.5 Å². The molecule has 12 heteroatoms. The summed E-state index contributed by atoms with van der Waals surface area (Å²) in [6, 6.07) is -0.841. The average molecular weight is 481 g/mol. The summed E-state index contributed by atoms with van der Waals surface area (Å²) >= 11 is 0. The predicted molar refractivity (Wildman–Crippen MR) is 87.1 cm³/mol. The molecule has 1 radical (unpaired) electrons. The van der Waals surface area contributed by atoms with Gasteiger partial charge in [0.15, 0.2) is 6.29 Å². The molecule has 4 unspecified atom stereocenters. The van der Waals surface area contributed by atoms with E-state index in [9.17, 15) is 30.0 Å². The van der Waals surface area contributed by atoms with E-state index >= 15 is 0 Å². The molecule has 0 aliphatic carbocycles. The fourth-order valence-electron chi connectivity index (χ4n) is 3.34. The predicted octanol–water partition coefficient (Wildman–Crippen LogP) is -3.41. The SMILES string of the molecule is CO[C@H]1C(O)C(O)[C@H](OC2[C@H](O)C(CO)O[C@@H](C)[C@H]2NC(C)=O)O[C@H]1[C-]=O.[Y]. The van der Waals surface area contributed by atoms with Gasteiger partial charge in [0.2, 0.25) is 5.91 Å². The van der Waals surface area contributed by atoms with Crippen molar-refractivity contribution in [3.8, 4) is 0 Å². The van der Waals surface area contributed by atoms with Crippen LogP contribution in [0.1, 0.15) is 13.8 Å². The second-order valence-electron chi connectivity index (χ2n) is 6.60. The minimum absolute atomic E-state index is 0. The molecule has 2 rings (SSSR count). The molecule has 0 saturated carbocycles. The van der Waals surface area contributed by atoms with Gasteiger partial charge in [0.1, 0.15) is 30.5 Å². The molecule has 0 spiro atoms. The first-order chi connectivity index (χ1) is 12.7. The van der Waals surface area contributed by atoms with Crippen LogP contribution in [0, 0.1) is 0 Å². The number of ether oxygens (including phenoxy) is 4. The monoisotopic (exact) mass is 481 g/mol. The summed E-state index contributed by atoms with van der Waals surface area (Å²) in [6.07, 6.45) is -9.73. The molecule has 0 aromatic rings. The summed E-state index contributed by atoms with van der Waals surface area (Å²) in [4.78, 5) is 22.6. The van der Waals surface area contributed by atoms with Crippen LogP contribution in [0.15, 0.2) is 0 Å². The molecule has 11 nitrogen and oxygen atoms in total. The third-order valence-electron chi connectivity index (χ3n) is 4.74. The first-order valence-electron chi connectivity index (χ1n) is 8.54. The van der Waals surface area contributed by atoms with Gasteiger partial charge in [-0.1, -0.05) is 0 Å². The Balaban J connectivity index is 0.00000392. The van der Waals surface area contributed by atoms with E-state index < -0.39 is 73.7 Å². The summed E-state index contributed by atoms with van der Waals surface area (Å²) in [5.74, 6) is -0.414. The largest absolute Gasteiger partial charge is 0.539 e. The second kappa shape index (κ2) is 11.4. The van der Waals surface area contributed by atoms with Gasteiger partial charge in [0.25, 0.3) is 0 Å². The van der Waals surface area contributed by atoms with Crippen LogP contribution in [0.4, 0.5) is 0 Å². The number of nitrogens with one attached hydrogen (secondary N) is 1. The molecule has 2 heterocycles. The Morgan fingerprint density at radius 1 is 1.14 bits per heavy atom. The van der Waals surface area contributed by atoms with Gasteiger partial charge in [-0.15, -0.1) is 0 Å². The summed E-state index contributed by atoms with van der Waals surface area (Å²) in [5.41, 5.74) is 0. The first kappa shape index (κ1) is 26.0. The number of methoxy groups -OCH3 is 1. The van der Waals surface area contributed by atoms with E-state index in [-0.39, 0.29) is 32.7 Å². The average Bonchev–Trinajstić information content (AvgIpc) is 2.63. The fraction of sp³-hybridized carbons (Fsp3) is 0.875. The molecule has 2 saturated heterocycles. The van der Waals surface area contributed by atoms with Crippen molar-refractivity contribution < 1.29 is 81.7 Å². The Kier molecular flexibility index (Phi) is 10.5. The summed E-state index contributed by atoms with van der Waals surface area (Å²) in [5, 5.41) is 42.9. The Morgan fingerprint density at radius 2 is 1.79 bits per heavy atom. The number of aliphatic hydroxyl groups excluding tert-OH is 4. The third kappa shape index (κ3) is 5.54. The van der Waals surface area contributed by atoms with Crippen molar-refractivity contribution in [3.05, 3.63) is 0 Å². The van der Waals surface area contributed by atoms with Gasteiger partial charge in [-0.25, -0.2) is 6.29 Å². The van der Waals surface area contributed by atoms with E-state index in [1.807, 2.05) is 0 Å².